The van der Waals surface area contributed by atoms with E-state index in [0.717, 1.165) is 0 Å². The van der Waals surface area contributed by atoms with Crippen LogP contribution in [0.5, 0.6) is 0 Å². The topological polar surface area (TPSA) is 76.0 Å². The summed E-state index contributed by atoms with van der Waals surface area (Å²) >= 11 is 0. The first kappa shape index (κ1) is 12.4. The van der Waals surface area contributed by atoms with Crippen molar-refractivity contribution in [2.75, 3.05) is 13.2 Å². The third-order valence-electron chi connectivity index (χ3n) is 2.46. The number of aliphatic hydroxyl groups is 1. The minimum absolute atomic E-state index is 0.101. The van der Waals surface area contributed by atoms with Gasteiger partial charge in [-0.3, -0.25) is 4.79 Å². The molecule has 1 heterocycles. The van der Waals surface area contributed by atoms with Crippen LogP contribution in [0, 0.1) is 0 Å². The SMILES string of the molecule is CC1(CCCO)OCC(CCC(=O)O)O1. The lowest BCUT2D eigenvalue weighted by atomic mass is 10.2. The quantitative estimate of drug-likeness (QED) is 0.688. The molecule has 0 aromatic heterocycles. The standard InChI is InChI=1S/C10H18O5/c1-10(5-2-6-11)14-7-8(15-10)3-4-9(12)13/h8,11H,2-7H2,1H3,(H,12,13). The summed E-state index contributed by atoms with van der Waals surface area (Å²) in [6, 6.07) is 0. The lowest BCUT2D eigenvalue weighted by Gasteiger charge is -2.22. The maximum Gasteiger partial charge on any atom is 0.303 e. The third kappa shape index (κ3) is 4.15. The van der Waals surface area contributed by atoms with Gasteiger partial charge in [0.1, 0.15) is 0 Å². The second-order valence-electron chi connectivity index (χ2n) is 3.94. The second-order valence-corrected chi connectivity index (χ2v) is 3.94. The van der Waals surface area contributed by atoms with E-state index in [9.17, 15) is 4.79 Å². The van der Waals surface area contributed by atoms with Gasteiger partial charge in [0, 0.05) is 19.4 Å². The number of aliphatic hydroxyl groups excluding tert-OH is 1. The summed E-state index contributed by atoms with van der Waals surface area (Å²) in [7, 11) is 0. The van der Waals surface area contributed by atoms with E-state index < -0.39 is 11.8 Å². The van der Waals surface area contributed by atoms with Crippen molar-refractivity contribution in [1.29, 1.82) is 0 Å². The lowest BCUT2D eigenvalue weighted by molar-refractivity contribution is -0.162. The summed E-state index contributed by atoms with van der Waals surface area (Å²) in [4.78, 5) is 10.4. The molecule has 1 aliphatic heterocycles. The van der Waals surface area contributed by atoms with Crippen molar-refractivity contribution in [2.24, 2.45) is 0 Å². The molecule has 0 radical (unpaired) electrons. The maximum atomic E-state index is 10.4. The Hall–Kier alpha value is -0.650. The first-order valence-corrected chi connectivity index (χ1v) is 5.20. The smallest absolute Gasteiger partial charge is 0.303 e. The molecule has 0 bridgehead atoms. The van der Waals surface area contributed by atoms with Crippen LogP contribution in [-0.4, -0.2) is 41.3 Å². The molecule has 0 spiro atoms. The average molecular weight is 218 g/mol. The van der Waals surface area contributed by atoms with Gasteiger partial charge in [-0.2, -0.15) is 0 Å². The minimum atomic E-state index is -0.817. The van der Waals surface area contributed by atoms with Gasteiger partial charge in [0.15, 0.2) is 5.79 Å². The van der Waals surface area contributed by atoms with Crippen LogP contribution in [0.2, 0.25) is 0 Å². The molecule has 2 N–H and O–H groups in total. The predicted molar refractivity (Wildman–Crippen MR) is 52.4 cm³/mol. The van der Waals surface area contributed by atoms with Crippen molar-refractivity contribution < 1.29 is 24.5 Å². The number of carboxylic acid groups (broad SMARTS) is 1. The molecule has 5 heteroatoms. The highest BCUT2D eigenvalue weighted by molar-refractivity contribution is 5.66. The van der Waals surface area contributed by atoms with Gasteiger partial charge in [-0.15, -0.1) is 0 Å². The number of hydrogen-bond donors (Lipinski definition) is 2. The number of hydrogen-bond acceptors (Lipinski definition) is 4. The molecule has 0 amide bonds. The zero-order valence-corrected chi connectivity index (χ0v) is 8.94. The second kappa shape index (κ2) is 5.44. The fourth-order valence-corrected chi connectivity index (χ4v) is 1.65. The average Bonchev–Trinajstić information content (AvgIpc) is 2.55. The van der Waals surface area contributed by atoms with Gasteiger partial charge in [0.05, 0.1) is 12.7 Å². The Morgan fingerprint density at radius 2 is 2.33 bits per heavy atom. The molecule has 1 aliphatic rings. The van der Waals surface area contributed by atoms with Crippen molar-refractivity contribution in [3.05, 3.63) is 0 Å². The highest BCUT2D eigenvalue weighted by atomic mass is 16.7. The predicted octanol–water partition coefficient (Wildman–Crippen LogP) is 0.755. The zero-order chi connectivity index (χ0) is 11.3. The summed E-state index contributed by atoms with van der Waals surface area (Å²) in [5, 5.41) is 17.2. The van der Waals surface area contributed by atoms with Crippen molar-refractivity contribution >= 4 is 5.97 Å². The van der Waals surface area contributed by atoms with Gasteiger partial charge in [-0.25, -0.2) is 0 Å². The van der Waals surface area contributed by atoms with E-state index in [1.807, 2.05) is 6.92 Å². The van der Waals surface area contributed by atoms with Gasteiger partial charge in [-0.05, 0) is 19.8 Å². The van der Waals surface area contributed by atoms with Gasteiger partial charge in [-0.1, -0.05) is 0 Å². The maximum absolute atomic E-state index is 10.4. The number of ether oxygens (including phenoxy) is 2. The number of rotatable bonds is 6. The Morgan fingerprint density at radius 1 is 1.60 bits per heavy atom. The van der Waals surface area contributed by atoms with Crippen LogP contribution in [0.4, 0.5) is 0 Å². The Kier molecular flexibility index (Phi) is 4.50. The van der Waals surface area contributed by atoms with Crippen molar-refractivity contribution in [3.8, 4) is 0 Å². The summed E-state index contributed by atoms with van der Waals surface area (Å²) in [6.07, 6.45) is 1.70. The van der Waals surface area contributed by atoms with Crippen LogP contribution >= 0.6 is 0 Å². The van der Waals surface area contributed by atoms with Crippen LogP contribution in [0.25, 0.3) is 0 Å². The number of carbonyl (C=O) groups is 1. The molecule has 88 valence electrons. The van der Waals surface area contributed by atoms with Crippen LogP contribution < -0.4 is 0 Å². The van der Waals surface area contributed by atoms with E-state index in [-0.39, 0.29) is 19.1 Å². The fraction of sp³-hybridized carbons (Fsp3) is 0.900. The zero-order valence-electron chi connectivity index (χ0n) is 8.94. The normalized spacial score (nSPS) is 30.7. The van der Waals surface area contributed by atoms with Crippen LogP contribution in [0.15, 0.2) is 0 Å². The molecule has 0 aromatic rings. The van der Waals surface area contributed by atoms with Crippen LogP contribution in [0.1, 0.15) is 32.6 Å². The monoisotopic (exact) mass is 218 g/mol. The molecule has 2 atom stereocenters. The molecule has 0 aliphatic carbocycles. The van der Waals surface area contributed by atoms with Gasteiger partial charge < -0.3 is 19.7 Å². The van der Waals surface area contributed by atoms with Crippen molar-refractivity contribution in [3.63, 3.8) is 0 Å². The van der Waals surface area contributed by atoms with Crippen LogP contribution in [-0.2, 0) is 14.3 Å². The van der Waals surface area contributed by atoms with Gasteiger partial charge >= 0.3 is 5.97 Å². The molecule has 0 saturated carbocycles. The molecule has 1 fully saturated rings. The Bertz CT molecular complexity index is 218. The summed E-state index contributed by atoms with van der Waals surface area (Å²) in [6.45, 7) is 2.38. The molecule has 1 saturated heterocycles. The molecule has 2 unspecified atom stereocenters. The van der Waals surface area contributed by atoms with Crippen molar-refractivity contribution in [2.45, 2.75) is 44.5 Å². The molecular weight excluding hydrogens is 200 g/mol. The third-order valence-corrected chi connectivity index (χ3v) is 2.46. The lowest BCUT2D eigenvalue weighted by Crippen LogP contribution is -2.27. The highest BCUT2D eigenvalue weighted by Crippen LogP contribution is 2.29. The van der Waals surface area contributed by atoms with Crippen LogP contribution in [0.3, 0.4) is 0 Å². The highest BCUT2D eigenvalue weighted by Gasteiger charge is 2.36. The molecule has 0 aromatic carbocycles. The summed E-state index contributed by atoms with van der Waals surface area (Å²) in [5.74, 6) is -1.46. The van der Waals surface area contributed by atoms with Gasteiger partial charge in [0.25, 0.3) is 0 Å². The van der Waals surface area contributed by atoms with E-state index in [4.69, 9.17) is 19.7 Å². The molecule has 5 nitrogen and oxygen atoms in total. The van der Waals surface area contributed by atoms with E-state index >= 15 is 0 Å². The summed E-state index contributed by atoms with van der Waals surface area (Å²) < 4.78 is 11.1. The first-order valence-electron chi connectivity index (χ1n) is 5.20. The Balaban J connectivity index is 2.27. The summed E-state index contributed by atoms with van der Waals surface area (Å²) in [5.41, 5.74) is 0. The van der Waals surface area contributed by atoms with E-state index in [1.165, 1.54) is 0 Å². The Labute approximate surface area is 89.0 Å². The number of aliphatic carboxylic acids is 1. The molecular formula is C10H18O5. The fourth-order valence-electron chi connectivity index (χ4n) is 1.65. The largest absolute Gasteiger partial charge is 0.481 e. The van der Waals surface area contributed by atoms with Crippen molar-refractivity contribution in [1.82, 2.24) is 0 Å². The molecule has 15 heavy (non-hydrogen) atoms. The van der Waals surface area contributed by atoms with E-state index in [1.54, 1.807) is 0 Å². The van der Waals surface area contributed by atoms with E-state index in [0.29, 0.717) is 25.9 Å². The molecule has 1 rings (SSSR count). The number of carboxylic acids is 1. The first-order chi connectivity index (χ1) is 7.06. The van der Waals surface area contributed by atoms with Gasteiger partial charge in [0.2, 0.25) is 0 Å². The Morgan fingerprint density at radius 3 is 2.93 bits per heavy atom. The minimum Gasteiger partial charge on any atom is -0.481 e. The van der Waals surface area contributed by atoms with E-state index in [2.05, 4.69) is 0 Å².